The standard InChI is InChI=1S/C14H19N3O5/c1-3-22-12(19)5-4-11(18)17-7-6-10-9(8-17)13(14(20)21)15-16(10)2/h3-8H2,1-2H3,(H,20,21). The topological polar surface area (TPSA) is 102 Å². The molecule has 22 heavy (non-hydrogen) atoms. The Bertz CT molecular complexity index is 608. The Labute approximate surface area is 127 Å². The molecule has 1 aliphatic rings. The lowest BCUT2D eigenvalue weighted by Crippen LogP contribution is -2.36. The van der Waals surface area contributed by atoms with E-state index < -0.39 is 11.9 Å². The normalized spacial score (nSPS) is 13.6. The van der Waals surface area contributed by atoms with Gasteiger partial charge in [0.25, 0.3) is 0 Å². The first kappa shape index (κ1) is 16.0. The average molecular weight is 309 g/mol. The van der Waals surface area contributed by atoms with Gasteiger partial charge in [0.1, 0.15) is 0 Å². The summed E-state index contributed by atoms with van der Waals surface area (Å²) in [5.74, 6) is -1.68. The molecule has 0 fully saturated rings. The van der Waals surface area contributed by atoms with Crippen LogP contribution in [0.15, 0.2) is 0 Å². The molecule has 2 rings (SSSR count). The van der Waals surface area contributed by atoms with Crippen LogP contribution in [0.1, 0.15) is 41.5 Å². The fraction of sp³-hybridized carbons (Fsp3) is 0.571. The lowest BCUT2D eigenvalue weighted by atomic mass is 10.0. The van der Waals surface area contributed by atoms with Crippen molar-refractivity contribution in [3.05, 3.63) is 17.0 Å². The lowest BCUT2D eigenvalue weighted by Gasteiger charge is -2.27. The number of aromatic carboxylic acids is 1. The summed E-state index contributed by atoms with van der Waals surface area (Å²) in [6.07, 6.45) is 0.656. The number of aromatic nitrogens is 2. The molecule has 1 aromatic rings. The van der Waals surface area contributed by atoms with E-state index in [2.05, 4.69) is 5.10 Å². The van der Waals surface area contributed by atoms with E-state index in [4.69, 9.17) is 4.74 Å². The van der Waals surface area contributed by atoms with E-state index in [-0.39, 0.29) is 37.6 Å². The number of esters is 1. The van der Waals surface area contributed by atoms with E-state index >= 15 is 0 Å². The molecule has 1 amide bonds. The van der Waals surface area contributed by atoms with Crippen LogP contribution in [0.2, 0.25) is 0 Å². The summed E-state index contributed by atoms with van der Waals surface area (Å²) in [6, 6.07) is 0. The minimum atomic E-state index is -1.10. The van der Waals surface area contributed by atoms with Crippen molar-refractivity contribution in [2.24, 2.45) is 7.05 Å². The predicted octanol–water partition coefficient (Wildman–Crippen LogP) is 0.346. The number of hydrogen-bond donors (Lipinski definition) is 1. The first-order chi connectivity index (χ1) is 10.4. The third-order valence-corrected chi connectivity index (χ3v) is 3.65. The highest BCUT2D eigenvalue weighted by atomic mass is 16.5. The third kappa shape index (κ3) is 3.26. The van der Waals surface area contributed by atoms with Gasteiger partial charge >= 0.3 is 11.9 Å². The van der Waals surface area contributed by atoms with E-state index in [1.807, 2.05) is 0 Å². The molecule has 0 bridgehead atoms. The van der Waals surface area contributed by atoms with Crippen LogP contribution in [0.5, 0.6) is 0 Å². The molecule has 0 unspecified atom stereocenters. The Kier molecular flexibility index (Phi) is 4.79. The summed E-state index contributed by atoms with van der Waals surface area (Å²) >= 11 is 0. The molecule has 1 aliphatic heterocycles. The molecule has 0 atom stereocenters. The number of ether oxygens (including phenoxy) is 1. The van der Waals surface area contributed by atoms with E-state index in [1.165, 1.54) is 0 Å². The number of carbonyl (C=O) groups excluding carboxylic acids is 2. The van der Waals surface area contributed by atoms with Gasteiger partial charge in [-0.25, -0.2) is 4.79 Å². The molecule has 120 valence electrons. The number of rotatable bonds is 5. The van der Waals surface area contributed by atoms with E-state index in [0.717, 1.165) is 5.69 Å². The molecular formula is C14H19N3O5. The summed E-state index contributed by atoms with van der Waals surface area (Å²) < 4.78 is 6.34. The maximum Gasteiger partial charge on any atom is 0.356 e. The van der Waals surface area contributed by atoms with Gasteiger partial charge in [0.05, 0.1) is 13.0 Å². The van der Waals surface area contributed by atoms with Gasteiger partial charge < -0.3 is 14.7 Å². The molecule has 8 heteroatoms. The Morgan fingerprint density at radius 3 is 2.68 bits per heavy atom. The number of carboxylic acids is 1. The minimum absolute atomic E-state index is 0.0135. The van der Waals surface area contributed by atoms with Crippen molar-refractivity contribution in [1.29, 1.82) is 0 Å². The SMILES string of the molecule is CCOC(=O)CCC(=O)N1CCc2c(c(C(=O)O)nn2C)C1. The van der Waals surface area contributed by atoms with Crippen molar-refractivity contribution >= 4 is 17.8 Å². The maximum atomic E-state index is 12.1. The van der Waals surface area contributed by atoms with Crippen molar-refractivity contribution in [2.75, 3.05) is 13.2 Å². The number of carboxylic acid groups (broad SMARTS) is 1. The minimum Gasteiger partial charge on any atom is -0.476 e. The highest BCUT2D eigenvalue weighted by Crippen LogP contribution is 2.22. The summed E-state index contributed by atoms with van der Waals surface area (Å²) in [6.45, 7) is 2.71. The largest absolute Gasteiger partial charge is 0.476 e. The van der Waals surface area contributed by atoms with Gasteiger partial charge in [0.2, 0.25) is 5.91 Å². The average Bonchev–Trinajstić information content (AvgIpc) is 2.82. The summed E-state index contributed by atoms with van der Waals surface area (Å²) in [7, 11) is 1.70. The predicted molar refractivity (Wildman–Crippen MR) is 75.2 cm³/mol. The van der Waals surface area contributed by atoms with Crippen LogP contribution in [0.25, 0.3) is 0 Å². The second-order valence-electron chi connectivity index (χ2n) is 5.07. The summed E-state index contributed by atoms with van der Waals surface area (Å²) in [5, 5.41) is 13.2. The van der Waals surface area contributed by atoms with Crippen LogP contribution in [0.4, 0.5) is 0 Å². The molecule has 0 spiro atoms. The molecule has 8 nitrogen and oxygen atoms in total. The number of amides is 1. The lowest BCUT2D eigenvalue weighted by molar-refractivity contribution is -0.145. The van der Waals surface area contributed by atoms with Gasteiger partial charge in [-0.05, 0) is 6.92 Å². The molecule has 0 saturated carbocycles. The van der Waals surface area contributed by atoms with E-state index in [1.54, 1.807) is 23.6 Å². The number of hydrogen-bond acceptors (Lipinski definition) is 5. The van der Waals surface area contributed by atoms with E-state index in [9.17, 15) is 19.5 Å². The third-order valence-electron chi connectivity index (χ3n) is 3.65. The van der Waals surface area contributed by atoms with Gasteiger partial charge in [0.15, 0.2) is 5.69 Å². The second-order valence-corrected chi connectivity index (χ2v) is 5.07. The summed E-state index contributed by atoms with van der Waals surface area (Å²) in [5.41, 5.74) is 1.40. The quantitative estimate of drug-likeness (QED) is 0.787. The maximum absolute atomic E-state index is 12.1. The molecule has 0 saturated heterocycles. The smallest absolute Gasteiger partial charge is 0.356 e. The van der Waals surface area contributed by atoms with Crippen LogP contribution in [0.3, 0.4) is 0 Å². The summed E-state index contributed by atoms with van der Waals surface area (Å²) in [4.78, 5) is 36.2. The van der Waals surface area contributed by atoms with Gasteiger partial charge in [-0.15, -0.1) is 0 Å². The van der Waals surface area contributed by atoms with Crippen molar-refractivity contribution in [3.8, 4) is 0 Å². The molecule has 2 heterocycles. The molecule has 0 aromatic carbocycles. The number of nitrogens with zero attached hydrogens (tertiary/aromatic N) is 3. The molecule has 0 radical (unpaired) electrons. The fourth-order valence-electron chi connectivity index (χ4n) is 2.58. The van der Waals surface area contributed by atoms with Crippen molar-refractivity contribution in [2.45, 2.75) is 32.7 Å². The van der Waals surface area contributed by atoms with Crippen molar-refractivity contribution in [3.63, 3.8) is 0 Å². The van der Waals surface area contributed by atoms with Crippen LogP contribution < -0.4 is 0 Å². The van der Waals surface area contributed by atoms with Gasteiger partial charge in [-0.1, -0.05) is 0 Å². The molecule has 0 aliphatic carbocycles. The van der Waals surface area contributed by atoms with Crippen LogP contribution in [-0.4, -0.2) is 50.8 Å². The first-order valence-electron chi connectivity index (χ1n) is 7.15. The first-order valence-corrected chi connectivity index (χ1v) is 7.15. The zero-order valence-electron chi connectivity index (χ0n) is 12.7. The van der Waals surface area contributed by atoms with E-state index in [0.29, 0.717) is 18.5 Å². The van der Waals surface area contributed by atoms with Gasteiger partial charge in [-0.2, -0.15) is 5.10 Å². The molecular weight excluding hydrogens is 290 g/mol. The highest BCUT2D eigenvalue weighted by molar-refractivity contribution is 5.88. The molecule has 1 aromatic heterocycles. The molecule has 1 N–H and O–H groups in total. The van der Waals surface area contributed by atoms with Crippen molar-refractivity contribution in [1.82, 2.24) is 14.7 Å². The number of carbonyl (C=O) groups is 3. The highest BCUT2D eigenvalue weighted by Gasteiger charge is 2.29. The van der Waals surface area contributed by atoms with Gasteiger partial charge in [-0.3, -0.25) is 14.3 Å². The monoisotopic (exact) mass is 309 g/mol. The van der Waals surface area contributed by atoms with Crippen LogP contribution in [-0.2, 0) is 34.3 Å². The fourth-order valence-corrected chi connectivity index (χ4v) is 2.58. The van der Waals surface area contributed by atoms with Gasteiger partial charge in [0, 0.05) is 44.2 Å². The van der Waals surface area contributed by atoms with Crippen LogP contribution >= 0.6 is 0 Å². The van der Waals surface area contributed by atoms with Crippen LogP contribution in [0, 0.1) is 0 Å². The Morgan fingerprint density at radius 2 is 2.05 bits per heavy atom. The Balaban J connectivity index is 2.03. The number of aryl methyl sites for hydroxylation is 1. The Morgan fingerprint density at radius 1 is 1.32 bits per heavy atom. The zero-order chi connectivity index (χ0) is 16.3. The van der Waals surface area contributed by atoms with Crippen molar-refractivity contribution < 1.29 is 24.2 Å². The Hall–Kier alpha value is -2.38. The second kappa shape index (κ2) is 6.59. The number of fused-ring (bicyclic) bond motifs is 1. The zero-order valence-corrected chi connectivity index (χ0v) is 12.7.